The third-order valence-corrected chi connectivity index (χ3v) is 8.35. The highest BCUT2D eigenvalue weighted by Gasteiger charge is 2.16. The number of thiophene rings is 1. The van der Waals surface area contributed by atoms with E-state index in [-0.39, 0.29) is 0 Å². The third kappa shape index (κ3) is 3.25. The van der Waals surface area contributed by atoms with Gasteiger partial charge in [0.05, 0.1) is 0 Å². The van der Waals surface area contributed by atoms with Crippen molar-refractivity contribution in [3.63, 3.8) is 0 Å². The van der Waals surface area contributed by atoms with Crippen LogP contribution in [-0.2, 0) is 0 Å². The average Bonchev–Trinajstić information content (AvgIpc) is 3.50. The molecule has 0 bridgehead atoms. The molecule has 8 rings (SSSR count). The summed E-state index contributed by atoms with van der Waals surface area (Å²) in [7, 11) is 0. The van der Waals surface area contributed by atoms with Crippen molar-refractivity contribution in [2.75, 3.05) is 4.90 Å². The SMILES string of the molecule is c1ccc(N(c2ccc3cc4c(cc3c2)sc2ccccc24)c2ccc3c(c2)oc2ccccc23)cc1. The minimum absolute atomic E-state index is 0.896. The van der Waals surface area contributed by atoms with Gasteiger partial charge in [-0.1, -0.05) is 60.7 Å². The second-order valence-corrected chi connectivity index (χ2v) is 10.5. The van der Waals surface area contributed by atoms with E-state index in [1.807, 2.05) is 23.5 Å². The number of anilines is 3. The van der Waals surface area contributed by atoms with E-state index in [4.69, 9.17) is 4.42 Å². The molecule has 0 amide bonds. The number of hydrogen-bond donors (Lipinski definition) is 0. The zero-order chi connectivity index (χ0) is 24.3. The summed E-state index contributed by atoms with van der Waals surface area (Å²) >= 11 is 1.86. The fourth-order valence-electron chi connectivity index (χ4n) is 5.47. The van der Waals surface area contributed by atoms with E-state index in [0.29, 0.717) is 0 Å². The van der Waals surface area contributed by atoms with Crippen LogP contribution < -0.4 is 4.90 Å². The molecular weight excluding hydrogens is 470 g/mol. The molecule has 2 aromatic heterocycles. The first-order chi connectivity index (χ1) is 18.3. The lowest BCUT2D eigenvalue weighted by Gasteiger charge is -2.25. The van der Waals surface area contributed by atoms with E-state index in [2.05, 4.69) is 120 Å². The summed E-state index contributed by atoms with van der Waals surface area (Å²) in [6, 6.07) is 45.4. The van der Waals surface area contributed by atoms with Crippen LogP contribution in [0.2, 0.25) is 0 Å². The quantitative estimate of drug-likeness (QED) is 0.244. The van der Waals surface area contributed by atoms with Crippen LogP contribution in [0.15, 0.2) is 132 Å². The van der Waals surface area contributed by atoms with E-state index < -0.39 is 0 Å². The normalized spacial score (nSPS) is 11.8. The lowest BCUT2D eigenvalue weighted by molar-refractivity contribution is 0.669. The standard InChI is InChI=1S/C34H21NOS/c1-2-8-24(9-3-1)35(26-16-17-28-27-10-4-6-12-31(27)36-32(28)21-26)25-15-14-22-19-30-29-11-5-7-13-33(29)37-34(30)20-23(22)18-25/h1-21H. The number of benzene rings is 6. The highest BCUT2D eigenvalue weighted by Crippen LogP contribution is 2.41. The summed E-state index contributed by atoms with van der Waals surface area (Å²) in [6.45, 7) is 0. The smallest absolute Gasteiger partial charge is 0.137 e. The Morgan fingerprint density at radius 1 is 0.432 bits per heavy atom. The van der Waals surface area contributed by atoms with Crippen molar-refractivity contribution in [1.29, 1.82) is 0 Å². The van der Waals surface area contributed by atoms with Gasteiger partial charge >= 0.3 is 0 Å². The molecule has 8 aromatic rings. The van der Waals surface area contributed by atoms with Crippen LogP contribution in [0.3, 0.4) is 0 Å². The van der Waals surface area contributed by atoms with Gasteiger partial charge in [0.2, 0.25) is 0 Å². The van der Waals surface area contributed by atoms with E-state index in [0.717, 1.165) is 39.0 Å². The molecule has 0 aliphatic heterocycles. The molecule has 0 saturated carbocycles. The Hall–Kier alpha value is -4.60. The Morgan fingerprint density at radius 2 is 1.16 bits per heavy atom. The first-order valence-corrected chi connectivity index (χ1v) is 13.2. The predicted octanol–water partition coefficient (Wildman–Crippen LogP) is 10.6. The fraction of sp³-hybridized carbons (Fsp3) is 0. The van der Waals surface area contributed by atoms with Crippen molar-refractivity contribution >= 4 is 81.3 Å². The van der Waals surface area contributed by atoms with E-state index in [9.17, 15) is 0 Å². The molecule has 0 unspecified atom stereocenters. The van der Waals surface area contributed by atoms with E-state index >= 15 is 0 Å². The highest BCUT2D eigenvalue weighted by molar-refractivity contribution is 7.25. The molecule has 2 nitrogen and oxygen atoms in total. The maximum absolute atomic E-state index is 6.24. The zero-order valence-electron chi connectivity index (χ0n) is 19.9. The molecule has 0 radical (unpaired) electrons. The van der Waals surface area contributed by atoms with Crippen LogP contribution >= 0.6 is 11.3 Å². The van der Waals surface area contributed by atoms with Gasteiger partial charge in [-0.2, -0.15) is 0 Å². The number of furan rings is 1. The molecule has 0 saturated heterocycles. The van der Waals surface area contributed by atoms with Crippen LogP contribution in [0, 0.1) is 0 Å². The van der Waals surface area contributed by atoms with Gasteiger partial charge in [0.1, 0.15) is 11.2 Å². The number of nitrogens with zero attached hydrogens (tertiary/aromatic N) is 1. The van der Waals surface area contributed by atoms with Gasteiger partial charge in [-0.25, -0.2) is 0 Å². The maximum atomic E-state index is 6.24. The molecule has 0 N–H and O–H groups in total. The third-order valence-electron chi connectivity index (χ3n) is 7.21. The van der Waals surface area contributed by atoms with Crippen LogP contribution in [0.5, 0.6) is 0 Å². The van der Waals surface area contributed by atoms with Crippen molar-refractivity contribution < 1.29 is 4.42 Å². The van der Waals surface area contributed by atoms with Crippen LogP contribution in [-0.4, -0.2) is 0 Å². The molecule has 0 fully saturated rings. The van der Waals surface area contributed by atoms with E-state index in [1.54, 1.807) is 0 Å². The van der Waals surface area contributed by atoms with Gasteiger partial charge in [-0.05, 0) is 71.4 Å². The van der Waals surface area contributed by atoms with Crippen molar-refractivity contribution in [3.8, 4) is 0 Å². The molecule has 0 aliphatic carbocycles. The summed E-state index contributed by atoms with van der Waals surface area (Å²) in [4.78, 5) is 2.31. The monoisotopic (exact) mass is 491 g/mol. The molecule has 174 valence electrons. The fourth-order valence-corrected chi connectivity index (χ4v) is 6.61. The Morgan fingerprint density at radius 3 is 2.08 bits per heavy atom. The molecular formula is C34H21NOS. The van der Waals surface area contributed by atoms with Crippen LogP contribution in [0.25, 0.3) is 52.9 Å². The molecule has 3 heteroatoms. The Bertz CT molecular complexity index is 2100. The molecule has 0 aliphatic rings. The van der Waals surface area contributed by atoms with Gasteiger partial charge in [-0.15, -0.1) is 11.3 Å². The van der Waals surface area contributed by atoms with Crippen LogP contribution in [0.4, 0.5) is 17.1 Å². The molecule has 0 atom stereocenters. The molecule has 6 aromatic carbocycles. The first kappa shape index (κ1) is 20.6. The predicted molar refractivity (Wildman–Crippen MR) is 159 cm³/mol. The van der Waals surface area contributed by atoms with Crippen molar-refractivity contribution in [2.24, 2.45) is 0 Å². The number of rotatable bonds is 3. The Balaban J connectivity index is 1.33. The van der Waals surface area contributed by atoms with Gasteiger partial charge in [0.15, 0.2) is 0 Å². The second-order valence-electron chi connectivity index (χ2n) is 9.43. The Kier molecular flexibility index (Phi) is 4.42. The summed E-state index contributed by atoms with van der Waals surface area (Å²) in [6.07, 6.45) is 0. The largest absolute Gasteiger partial charge is 0.456 e. The van der Waals surface area contributed by atoms with Gasteiger partial charge < -0.3 is 9.32 Å². The average molecular weight is 492 g/mol. The Labute approximate surface area is 217 Å². The van der Waals surface area contributed by atoms with E-state index in [1.165, 1.54) is 30.9 Å². The number of fused-ring (bicyclic) bond motifs is 7. The van der Waals surface area contributed by atoms with Gasteiger partial charge in [0.25, 0.3) is 0 Å². The maximum Gasteiger partial charge on any atom is 0.137 e. The number of hydrogen-bond acceptors (Lipinski definition) is 3. The molecule has 0 spiro atoms. The van der Waals surface area contributed by atoms with Crippen LogP contribution in [0.1, 0.15) is 0 Å². The summed E-state index contributed by atoms with van der Waals surface area (Å²) < 4.78 is 8.89. The summed E-state index contributed by atoms with van der Waals surface area (Å²) in [5, 5.41) is 7.43. The van der Waals surface area contributed by atoms with Crippen molar-refractivity contribution in [1.82, 2.24) is 0 Å². The van der Waals surface area contributed by atoms with Gasteiger partial charge in [0, 0.05) is 54.1 Å². The minimum atomic E-state index is 0.896. The number of para-hydroxylation sites is 2. The van der Waals surface area contributed by atoms with Crippen molar-refractivity contribution in [3.05, 3.63) is 127 Å². The zero-order valence-corrected chi connectivity index (χ0v) is 20.7. The molecule has 2 heterocycles. The summed E-state index contributed by atoms with van der Waals surface area (Å²) in [5.74, 6) is 0. The second kappa shape index (κ2) is 7.95. The highest BCUT2D eigenvalue weighted by atomic mass is 32.1. The minimum Gasteiger partial charge on any atom is -0.456 e. The lowest BCUT2D eigenvalue weighted by atomic mass is 10.0. The topological polar surface area (TPSA) is 16.4 Å². The molecule has 37 heavy (non-hydrogen) atoms. The van der Waals surface area contributed by atoms with Gasteiger partial charge in [-0.3, -0.25) is 0 Å². The summed E-state index contributed by atoms with van der Waals surface area (Å²) in [5.41, 5.74) is 5.11. The first-order valence-electron chi connectivity index (χ1n) is 12.4. The lowest BCUT2D eigenvalue weighted by Crippen LogP contribution is -2.09. The van der Waals surface area contributed by atoms with Crippen molar-refractivity contribution in [2.45, 2.75) is 0 Å².